The molecule has 0 aliphatic heterocycles. The van der Waals surface area contributed by atoms with E-state index in [4.69, 9.17) is 18.0 Å². The van der Waals surface area contributed by atoms with E-state index in [2.05, 4.69) is 4.98 Å². The van der Waals surface area contributed by atoms with Gasteiger partial charge in [-0.05, 0) is 6.07 Å². The molecule has 0 unspecified atom stereocenters. The van der Waals surface area contributed by atoms with Crippen molar-refractivity contribution in [3.05, 3.63) is 48.0 Å². The van der Waals surface area contributed by atoms with E-state index in [0.717, 1.165) is 0 Å². The summed E-state index contributed by atoms with van der Waals surface area (Å²) in [5.41, 5.74) is 5.95. The van der Waals surface area contributed by atoms with Crippen LogP contribution < -0.4 is 5.73 Å². The number of hydrogen-bond donors (Lipinski definition) is 1. The molecule has 0 spiro atoms. The van der Waals surface area contributed by atoms with Crippen LogP contribution in [0.25, 0.3) is 0 Å². The van der Waals surface area contributed by atoms with Gasteiger partial charge in [-0.1, -0.05) is 30.4 Å². The molecule has 6 nitrogen and oxygen atoms in total. The summed E-state index contributed by atoms with van der Waals surface area (Å²) in [7, 11) is -0.383. The predicted molar refractivity (Wildman–Crippen MR) is 84.2 cm³/mol. The summed E-state index contributed by atoms with van der Waals surface area (Å²) in [6.45, 7) is 0.164. The minimum atomic E-state index is -3.69. The lowest BCUT2D eigenvalue weighted by atomic mass is 10.2. The normalized spacial score (nSPS) is 11.8. The van der Waals surface area contributed by atoms with Gasteiger partial charge in [-0.25, -0.2) is 13.4 Å². The lowest BCUT2D eigenvalue weighted by Gasteiger charge is -2.18. The first-order valence-corrected chi connectivity index (χ1v) is 8.00. The largest absolute Gasteiger partial charge is 0.389 e. The fourth-order valence-electron chi connectivity index (χ4n) is 1.90. The average molecular weight is 324 g/mol. The molecule has 2 aromatic rings. The molecule has 112 valence electrons. The van der Waals surface area contributed by atoms with Gasteiger partial charge in [0.05, 0.1) is 11.4 Å². The van der Waals surface area contributed by atoms with Crippen molar-refractivity contribution in [1.29, 1.82) is 0 Å². The molecule has 1 heterocycles. The van der Waals surface area contributed by atoms with E-state index >= 15 is 0 Å². The monoisotopic (exact) mass is 324 g/mol. The van der Waals surface area contributed by atoms with E-state index in [0.29, 0.717) is 11.4 Å². The summed E-state index contributed by atoms with van der Waals surface area (Å²) in [4.78, 5) is 4.29. The zero-order valence-electron chi connectivity index (χ0n) is 11.7. The fraction of sp³-hybridized carbons (Fsp3) is 0.231. The van der Waals surface area contributed by atoms with Crippen molar-refractivity contribution in [1.82, 2.24) is 13.9 Å². The topological polar surface area (TPSA) is 81.2 Å². The average Bonchev–Trinajstić information content (AvgIpc) is 2.84. The molecule has 0 atom stereocenters. The fourth-order valence-corrected chi connectivity index (χ4v) is 3.47. The molecule has 2 N–H and O–H groups in total. The maximum atomic E-state index is 12.7. The molecule has 1 aromatic carbocycles. The lowest BCUT2D eigenvalue weighted by molar-refractivity contribution is 0.451. The number of aromatic nitrogens is 2. The predicted octanol–water partition coefficient (Wildman–Crippen LogP) is 0.875. The van der Waals surface area contributed by atoms with E-state index in [1.54, 1.807) is 35.2 Å². The van der Waals surface area contributed by atoms with Crippen molar-refractivity contribution in [2.24, 2.45) is 12.8 Å². The van der Waals surface area contributed by atoms with Crippen LogP contribution in [0.3, 0.4) is 0 Å². The maximum absolute atomic E-state index is 12.7. The van der Waals surface area contributed by atoms with Crippen LogP contribution in [0.5, 0.6) is 0 Å². The van der Waals surface area contributed by atoms with E-state index in [9.17, 15) is 8.42 Å². The van der Waals surface area contributed by atoms with E-state index < -0.39 is 10.0 Å². The summed E-state index contributed by atoms with van der Waals surface area (Å²) < 4.78 is 28.3. The third-order valence-electron chi connectivity index (χ3n) is 3.13. The Morgan fingerprint density at radius 3 is 2.67 bits per heavy atom. The highest BCUT2D eigenvalue weighted by atomic mass is 32.2. The van der Waals surface area contributed by atoms with Crippen LogP contribution >= 0.6 is 12.2 Å². The first-order chi connectivity index (χ1) is 9.84. The highest BCUT2D eigenvalue weighted by molar-refractivity contribution is 7.89. The Morgan fingerprint density at radius 2 is 2.10 bits per heavy atom. The Balaban J connectivity index is 2.38. The summed E-state index contributed by atoms with van der Waals surface area (Å²) in [6.07, 6.45) is 3.39. The van der Waals surface area contributed by atoms with Crippen LogP contribution in [0.15, 0.2) is 41.6 Å². The van der Waals surface area contributed by atoms with Gasteiger partial charge in [-0.15, -0.1) is 0 Å². The van der Waals surface area contributed by atoms with Gasteiger partial charge in [-0.3, -0.25) is 0 Å². The third kappa shape index (κ3) is 3.12. The molecule has 8 heteroatoms. The molecule has 0 aliphatic rings. The third-order valence-corrected chi connectivity index (χ3v) is 5.21. The molecular weight excluding hydrogens is 308 g/mol. The number of thiocarbonyl (C=S) groups is 1. The number of nitrogens with zero attached hydrogens (tertiary/aromatic N) is 3. The standard InChI is InChI=1S/C13H16N4O2S2/c1-16-8-7-15-12(16)9-17(2)21(18,19)11-6-4-3-5-10(11)13(14)20/h3-8H,9H2,1-2H3,(H2,14,20). The smallest absolute Gasteiger partial charge is 0.243 e. The number of benzene rings is 1. The molecule has 2 rings (SSSR count). The van der Waals surface area contributed by atoms with Crippen molar-refractivity contribution >= 4 is 27.2 Å². The summed E-state index contributed by atoms with van der Waals surface area (Å²) >= 11 is 4.92. The highest BCUT2D eigenvalue weighted by Crippen LogP contribution is 2.20. The summed E-state index contributed by atoms with van der Waals surface area (Å²) in [5.74, 6) is 0.647. The SMILES string of the molecule is CN(Cc1nccn1C)S(=O)(=O)c1ccccc1C(N)=S. The Labute approximate surface area is 129 Å². The molecule has 1 aromatic heterocycles. The molecule has 21 heavy (non-hydrogen) atoms. The Hall–Kier alpha value is -1.77. The molecule has 0 saturated heterocycles. The quantitative estimate of drug-likeness (QED) is 0.826. The van der Waals surface area contributed by atoms with Gasteiger partial charge < -0.3 is 10.3 Å². The van der Waals surface area contributed by atoms with Crippen LogP contribution in [0.1, 0.15) is 11.4 Å². The number of hydrogen-bond acceptors (Lipinski definition) is 4. The Kier molecular flexibility index (Phi) is 4.40. The second kappa shape index (κ2) is 5.92. The molecule has 0 amide bonds. The van der Waals surface area contributed by atoms with Crippen molar-refractivity contribution in [2.75, 3.05) is 7.05 Å². The highest BCUT2D eigenvalue weighted by Gasteiger charge is 2.25. The minimum absolute atomic E-state index is 0.0552. The number of aryl methyl sites for hydroxylation is 1. The zero-order chi connectivity index (χ0) is 15.6. The summed E-state index contributed by atoms with van der Waals surface area (Å²) in [6, 6.07) is 6.44. The minimum Gasteiger partial charge on any atom is -0.389 e. The van der Waals surface area contributed by atoms with Gasteiger partial charge in [0.25, 0.3) is 0 Å². The number of rotatable bonds is 5. The molecule has 0 aliphatic carbocycles. The molecule has 0 saturated carbocycles. The van der Waals surface area contributed by atoms with Gasteiger partial charge in [0.1, 0.15) is 10.8 Å². The molecule has 0 radical (unpaired) electrons. The number of imidazole rings is 1. The van der Waals surface area contributed by atoms with Crippen LogP contribution in [0.2, 0.25) is 0 Å². The van der Waals surface area contributed by atoms with Gasteiger partial charge in [0, 0.05) is 32.1 Å². The van der Waals surface area contributed by atoms with Gasteiger partial charge in [-0.2, -0.15) is 4.31 Å². The van der Waals surface area contributed by atoms with Crippen LogP contribution in [-0.2, 0) is 23.6 Å². The zero-order valence-corrected chi connectivity index (χ0v) is 13.4. The molecule has 0 fully saturated rings. The van der Waals surface area contributed by atoms with Crippen molar-refractivity contribution in [3.63, 3.8) is 0 Å². The lowest BCUT2D eigenvalue weighted by Crippen LogP contribution is -2.29. The van der Waals surface area contributed by atoms with Crippen LogP contribution in [-0.4, -0.2) is 34.3 Å². The van der Waals surface area contributed by atoms with E-state index in [-0.39, 0.29) is 16.4 Å². The van der Waals surface area contributed by atoms with Crippen molar-refractivity contribution in [2.45, 2.75) is 11.4 Å². The number of nitrogens with two attached hydrogens (primary N) is 1. The van der Waals surface area contributed by atoms with Gasteiger partial charge in [0.2, 0.25) is 10.0 Å². The number of sulfonamides is 1. The summed E-state index contributed by atoms with van der Waals surface area (Å²) in [5, 5.41) is 0. The molecular formula is C13H16N4O2S2. The van der Waals surface area contributed by atoms with E-state index in [1.165, 1.54) is 17.4 Å². The second-order valence-electron chi connectivity index (χ2n) is 4.58. The molecule has 0 bridgehead atoms. The van der Waals surface area contributed by atoms with Gasteiger partial charge >= 0.3 is 0 Å². The van der Waals surface area contributed by atoms with Crippen molar-refractivity contribution in [3.8, 4) is 0 Å². The first kappa shape index (κ1) is 15.6. The first-order valence-electron chi connectivity index (χ1n) is 6.15. The van der Waals surface area contributed by atoms with Crippen LogP contribution in [0, 0.1) is 0 Å². The van der Waals surface area contributed by atoms with Gasteiger partial charge in [0.15, 0.2) is 0 Å². The van der Waals surface area contributed by atoms with Crippen molar-refractivity contribution < 1.29 is 8.42 Å². The van der Waals surface area contributed by atoms with Crippen LogP contribution in [0.4, 0.5) is 0 Å². The van der Waals surface area contributed by atoms with E-state index in [1.807, 2.05) is 7.05 Å². The second-order valence-corrected chi connectivity index (χ2v) is 7.03. The maximum Gasteiger partial charge on any atom is 0.243 e. The Bertz CT molecular complexity index is 768. The Morgan fingerprint density at radius 1 is 1.43 bits per heavy atom.